The van der Waals surface area contributed by atoms with Gasteiger partial charge in [0.25, 0.3) is 5.91 Å². The number of carbonyl (C=O) groups is 1. The Bertz CT molecular complexity index is 1380. The molecule has 0 aliphatic carbocycles. The van der Waals surface area contributed by atoms with E-state index in [4.69, 9.17) is 9.73 Å². The Hall–Kier alpha value is -3.40. The van der Waals surface area contributed by atoms with Crippen LogP contribution in [0.5, 0.6) is 0 Å². The number of likely N-dealkylation sites (N-methyl/N-ethyl adjacent to an activating group) is 1. The van der Waals surface area contributed by atoms with Gasteiger partial charge in [0.15, 0.2) is 4.80 Å². The zero-order valence-corrected chi connectivity index (χ0v) is 23.2. The maximum absolute atomic E-state index is 13.0. The van der Waals surface area contributed by atoms with Crippen LogP contribution < -0.4 is 10.1 Å². The van der Waals surface area contributed by atoms with Crippen LogP contribution in [0.2, 0.25) is 0 Å². The van der Waals surface area contributed by atoms with Crippen molar-refractivity contribution in [2.24, 2.45) is 12.0 Å². The first-order valence-corrected chi connectivity index (χ1v) is 13.3. The van der Waals surface area contributed by atoms with E-state index < -0.39 is 0 Å². The fourth-order valence-electron chi connectivity index (χ4n) is 3.54. The molecule has 0 saturated heterocycles. The largest absolute Gasteiger partial charge is 0.374 e. The minimum absolute atomic E-state index is 0.165. The summed E-state index contributed by atoms with van der Waals surface area (Å²) < 4.78 is 7.85. The Balaban J connectivity index is 0.00000186. The Morgan fingerprint density at radius 1 is 1.14 bits per heavy atom. The summed E-state index contributed by atoms with van der Waals surface area (Å²) in [5, 5.41) is 5.07. The van der Waals surface area contributed by atoms with Crippen molar-refractivity contribution in [3.63, 3.8) is 0 Å². The lowest BCUT2D eigenvalue weighted by atomic mass is 10.1. The first-order valence-electron chi connectivity index (χ1n) is 12.4. The summed E-state index contributed by atoms with van der Waals surface area (Å²) in [6, 6.07) is 15.0. The molecule has 1 N–H and O–H groups in total. The molecule has 1 amide bonds. The smallest absolute Gasteiger partial charge is 0.275 e. The van der Waals surface area contributed by atoms with Gasteiger partial charge in [0.05, 0.1) is 42.2 Å². The number of thiazole rings is 1. The molecule has 8 nitrogen and oxygen atoms in total. The van der Waals surface area contributed by atoms with Gasteiger partial charge in [-0.05, 0) is 44.8 Å². The maximum Gasteiger partial charge on any atom is 0.275 e. The molecule has 1 unspecified atom stereocenters. The van der Waals surface area contributed by atoms with Crippen LogP contribution in [0, 0.1) is 0 Å². The lowest BCUT2D eigenvalue weighted by Crippen LogP contribution is -2.19. The van der Waals surface area contributed by atoms with E-state index in [2.05, 4.69) is 30.1 Å². The number of nitrogens with zero attached hydrogens (tertiary/aromatic N) is 5. The van der Waals surface area contributed by atoms with Crippen LogP contribution >= 0.6 is 11.3 Å². The van der Waals surface area contributed by atoms with Gasteiger partial charge >= 0.3 is 0 Å². The predicted molar refractivity (Wildman–Crippen MR) is 151 cm³/mol. The standard InChI is InChI=1S/C26H30N6O2S.C2H6/c1-18(28-26-32(4)19(17-35-26)16-34-14-13-31(2)3)20-9-5-6-10-21(20)30-25(33)24-15-27-22-11-7-8-12-23(22)29-24;1-2/h5-12,15,17-18H,13-14,16H2,1-4H3,(H,30,33);1-2H3. The molecule has 0 radical (unpaired) electrons. The van der Waals surface area contributed by atoms with Gasteiger partial charge in [-0.25, -0.2) is 4.98 Å². The van der Waals surface area contributed by atoms with E-state index in [1.54, 1.807) is 11.3 Å². The van der Waals surface area contributed by atoms with E-state index in [-0.39, 0.29) is 17.6 Å². The van der Waals surface area contributed by atoms with Crippen molar-refractivity contribution >= 4 is 34.0 Å². The van der Waals surface area contributed by atoms with Gasteiger partial charge in [0.1, 0.15) is 5.69 Å². The Labute approximate surface area is 222 Å². The van der Waals surface area contributed by atoms with E-state index in [9.17, 15) is 4.79 Å². The van der Waals surface area contributed by atoms with Crippen molar-refractivity contribution in [3.05, 3.63) is 81.9 Å². The zero-order chi connectivity index (χ0) is 26.8. The first-order chi connectivity index (χ1) is 17.9. The average Bonchev–Trinajstić information content (AvgIpc) is 3.26. The summed E-state index contributed by atoms with van der Waals surface area (Å²) in [4.78, 5) is 29.7. The van der Waals surface area contributed by atoms with Crippen LogP contribution in [0.1, 0.15) is 48.6 Å². The van der Waals surface area contributed by atoms with Gasteiger partial charge in [-0.2, -0.15) is 0 Å². The lowest BCUT2D eigenvalue weighted by molar-refractivity contribution is 0.101. The number of aromatic nitrogens is 3. The second-order valence-corrected chi connectivity index (χ2v) is 9.35. The third-order valence-corrected chi connectivity index (χ3v) is 6.58. The van der Waals surface area contributed by atoms with Crippen LogP contribution in [-0.4, -0.2) is 52.6 Å². The highest BCUT2D eigenvalue weighted by Gasteiger charge is 2.15. The molecule has 4 aromatic rings. The minimum atomic E-state index is -0.304. The number of para-hydroxylation sites is 3. The molecule has 0 saturated carbocycles. The van der Waals surface area contributed by atoms with E-state index in [0.29, 0.717) is 24.4 Å². The molecule has 0 spiro atoms. The molecule has 4 rings (SSSR count). The summed E-state index contributed by atoms with van der Waals surface area (Å²) in [7, 11) is 6.06. The monoisotopic (exact) mass is 520 g/mol. The van der Waals surface area contributed by atoms with Crippen molar-refractivity contribution in [2.45, 2.75) is 33.4 Å². The molecule has 2 aromatic carbocycles. The SMILES string of the molecule is CC.CC(N=c1scc(COCCN(C)C)n1C)c1ccccc1NC(=O)c1cnc2ccccc2n1. The molecule has 37 heavy (non-hydrogen) atoms. The topological polar surface area (TPSA) is 84.6 Å². The highest BCUT2D eigenvalue weighted by molar-refractivity contribution is 7.07. The number of nitrogens with one attached hydrogen (secondary N) is 1. The van der Waals surface area contributed by atoms with E-state index >= 15 is 0 Å². The fraction of sp³-hybridized carbons (Fsp3) is 0.357. The van der Waals surface area contributed by atoms with Gasteiger partial charge in [-0.15, -0.1) is 11.3 Å². The molecule has 0 fully saturated rings. The van der Waals surface area contributed by atoms with Crippen molar-refractivity contribution < 1.29 is 9.53 Å². The number of anilines is 1. The third kappa shape index (κ3) is 7.55. The van der Waals surface area contributed by atoms with Crippen molar-refractivity contribution in [1.29, 1.82) is 0 Å². The van der Waals surface area contributed by atoms with Crippen molar-refractivity contribution in [2.75, 3.05) is 32.6 Å². The van der Waals surface area contributed by atoms with Crippen LogP contribution in [-0.2, 0) is 18.4 Å². The second kappa shape index (κ2) is 13.8. The fourth-order valence-corrected chi connectivity index (χ4v) is 4.50. The molecular weight excluding hydrogens is 484 g/mol. The number of fused-ring (bicyclic) bond motifs is 1. The summed E-state index contributed by atoms with van der Waals surface area (Å²) in [6.07, 6.45) is 1.50. The van der Waals surface area contributed by atoms with Gasteiger partial charge in [-0.1, -0.05) is 44.2 Å². The average molecular weight is 521 g/mol. The highest BCUT2D eigenvalue weighted by atomic mass is 32.1. The van der Waals surface area contributed by atoms with E-state index in [1.807, 2.05) is 90.4 Å². The van der Waals surface area contributed by atoms with E-state index in [0.717, 1.165) is 28.1 Å². The molecule has 9 heteroatoms. The van der Waals surface area contributed by atoms with Crippen molar-refractivity contribution in [3.8, 4) is 0 Å². The number of amides is 1. The molecule has 2 aromatic heterocycles. The normalized spacial score (nSPS) is 12.4. The second-order valence-electron chi connectivity index (χ2n) is 8.51. The van der Waals surface area contributed by atoms with Gasteiger partial charge in [0.2, 0.25) is 0 Å². The molecule has 0 aliphatic heterocycles. The predicted octanol–water partition coefficient (Wildman–Crippen LogP) is 5.05. The number of hydrogen-bond donors (Lipinski definition) is 1. The maximum atomic E-state index is 13.0. The molecule has 0 bridgehead atoms. The number of ether oxygens (including phenoxy) is 1. The highest BCUT2D eigenvalue weighted by Crippen LogP contribution is 2.25. The number of hydrogen-bond acceptors (Lipinski definition) is 7. The molecular formula is C28H36N6O2S. The summed E-state index contributed by atoms with van der Waals surface area (Å²) in [5.41, 5.74) is 4.41. The Kier molecular flexibility index (Phi) is 10.5. The Morgan fingerprint density at radius 2 is 1.84 bits per heavy atom. The van der Waals surface area contributed by atoms with Crippen LogP contribution in [0.4, 0.5) is 5.69 Å². The lowest BCUT2D eigenvalue weighted by Gasteiger charge is -2.14. The summed E-state index contributed by atoms with van der Waals surface area (Å²) >= 11 is 1.58. The molecule has 1 atom stereocenters. The minimum Gasteiger partial charge on any atom is -0.374 e. The zero-order valence-electron chi connectivity index (χ0n) is 22.4. The third-order valence-electron chi connectivity index (χ3n) is 5.60. The van der Waals surface area contributed by atoms with Gasteiger partial charge in [0, 0.05) is 24.7 Å². The number of rotatable bonds is 9. The molecule has 2 heterocycles. The number of benzene rings is 2. The van der Waals surface area contributed by atoms with Crippen molar-refractivity contribution in [1.82, 2.24) is 19.4 Å². The summed E-state index contributed by atoms with van der Waals surface area (Å²) in [5.74, 6) is -0.304. The summed E-state index contributed by atoms with van der Waals surface area (Å²) in [6.45, 7) is 8.13. The van der Waals surface area contributed by atoms with Crippen LogP contribution in [0.25, 0.3) is 11.0 Å². The van der Waals surface area contributed by atoms with Crippen LogP contribution in [0.15, 0.2) is 65.1 Å². The van der Waals surface area contributed by atoms with E-state index in [1.165, 1.54) is 6.20 Å². The first kappa shape index (κ1) is 28.2. The van der Waals surface area contributed by atoms with Gasteiger partial charge in [-0.3, -0.25) is 14.8 Å². The molecule has 196 valence electrons. The Morgan fingerprint density at radius 3 is 2.59 bits per heavy atom. The van der Waals surface area contributed by atoms with Crippen LogP contribution in [0.3, 0.4) is 0 Å². The van der Waals surface area contributed by atoms with Gasteiger partial charge < -0.3 is 19.5 Å². The molecule has 0 aliphatic rings. The quantitative estimate of drug-likeness (QED) is 0.312. The number of carbonyl (C=O) groups excluding carboxylic acids is 1.